The van der Waals surface area contributed by atoms with Crippen LogP contribution in [0.1, 0.15) is 18.2 Å². The molecule has 0 unspecified atom stereocenters. The second-order valence-corrected chi connectivity index (χ2v) is 2.87. The van der Waals surface area contributed by atoms with Crippen molar-refractivity contribution in [3.63, 3.8) is 0 Å². The zero-order chi connectivity index (χ0) is 11.3. The summed E-state index contributed by atoms with van der Waals surface area (Å²) in [5.74, 6) is 4.43. The topological polar surface area (TPSA) is 65.2 Å². The molecule has 0 aliphatic carbocycles. The highest BCUT2D eigenvalue weighted by molar-refractivity contribution is 5.89. The van der Waals surface area contributed by atoms with Crippen molar-refractivity contribution in [3.05, 3.63) is 23.5 Å². The van der Waals surface area contributed by atoms with Gasteiger partial charge in [0.25, 0.3) is 0 Å². The zero-order valence-electron chi connectivity index (χ0n) is 8.70. The van der Waals surface area contributed by atoms with Crippen LogP contribution in [0.25, 0.3) is 0 Å². The molecule has 0 aromatic carbocycles. The summed E-state index contributed by atoms with van der Waals surface area (Å²) in [5.41, 5.74) is 7.55. The zero-order valence-corrected chi connectivity index (χ0v) is 8.70. The van der Waals surface area contributed by atoms with Gasteiger partial charge >= 0.3 is 5.97 Å². The first-order chi connectivity index (χ1) is 7.13. The molecule has 0 amide bonds. The number of carbonyl (C=O) groups is 1. The Balaban J connectivity index is 2.80. The van der Waals surface area contributed by atoms with E-state index in [1.54, 1.807) is 26.1 Å². The smallest absolute Gasteiger partial charge is 0.384 e. The van der Waals surface area contributed by atoms with E-state index in [0.29, 0.717) is 17.9 Å². The van der Waals surface area contributed by atoms with Crippen LogP contribution in [-0.2, 0) is 9.53 Å². The van der Waals surface area contributed by atoms with Crippen LogP contribution >= 0.6 is 0 Å². The number of hydrogen-bond donors (Lipinski definition) is 1. The fraction of sp³-hybridized carbons (Fsp3) is 0.273. The highest BCUT2D eigenvalue weighted by Crippen LogP contribution is 2.08. The lowest BCUT2D eigenvalue weighted by Gasteiger charge is -1.97. The van der Waals surface area contributed by atoms with Crippen LogP contribution < -0.4 is 5.73 Å². The quantitative estimate of drug-likeness (QED) is 0.545. The third-order valence-corrected chi connectivity index (χ3v) is 1.71. The standard InChI is InChI=1S/C11H12N2O2/c1-3-15-11(14)5-4-9-6-10(12)8(2)13-7-9/h6-7H,3,12H2,1-2H3. The van der Waals surface area contributed by atoms with Crippen LogP contribution in [0.3, 0.4) is 0 Å². The average molecular weight is 204 g/mol. The molecular weight excluding hydrogens is 192 g/mol. The molecule has 1 aromatic heterocycles. The van der Waals surface area contributed by atoms with Crippen LogP contribution in [0.4, 0.5) is 5.69 Å². The molecule has 4 nitrogen and oxygen atoms in total. The average Bonchev–Trinajstić information content (AvgIpc) is 2.20. The number of nitrogens with zero attached hydrogens (tertiary/aromatic N) is 1. The molecular formula is C11H12N2O2. The fourth-order valence-electron chi connectivity index (χ4n) is 0.909. The minimum Gasteiger partial charge on any atom is -0.456 e. The molecule has 0 bridgehead atoms. The van der Waals surface area contributed by atoms with E-state index in [4.69, 9.17) is 5.73 Å². The number of nitrogen functional groups attached to an aromatic ring is 1. The minimum absolute atomic E-state index is 0.321. The summed E-state index contributed by atoms with van der Waals surface area (Å²) >= 11 is 0. The van der Waals surface area contributed by atoms with E-state index in [2.05, 4.69) is 21.6 Å². The van der Waals surface area contributed by atoms with Gasteiger partial charge in [-0.3, -0.25) is 4.98 Å². The van der Waals surface area contributed by atoms with Crippen LogP contribution in [0.2, 0.25) is 0 Å². The van der Waals surface area contributed by atoms with Crippen molar-refractivity contribution in [2.45, 2.75) is 13.8 Å². The minimum atomic E-state index is -0.545. The predicted molar refractivity (Wildman–Crippen MR) is 56.9 cm³/mol. The van der Waals surface area contributed by atoms with Crippen molar-refractivity contribution in [1.29, 1.82) is 0 Å². The number of nitrogens with two attached hydrogens (primary N) is 1. The first-order valence-corrected chi connectivity index (χ1v) is 4.54. The van der Waals surface area contributed by atoms with Gasteiger partial charge < -0.3 is 10.5 Å². The van der Waals surface area contributed by atoms with Crippen LogP contribution in [0.5, 0.6) is 0 Å². The van der Waals surface area contributed by atoms with Crippen LogP contribution in [0, 0.1) is 18.8 Å². The van der Waals surface area contributed by atoms with E-state index in [0.717, 1.165) is 5.69 Å². The Kier molecular flexibility index (Phi) is 3.69. The lowest BCUT2D eigenvalue weighted by atomic mass is 10.2. The number of aryl methyl sites for hydroxylation is 1. The molecule has 0 spiro atoms. The second-order valence-electron chi connectivity index (χ2n) is 2.87. The van der Waals surface area contributed by atoms with Crippen molar-refractivity contribution < 1.29 is 9.53 Å². The van der Waals surface area contributed by atoms with Gasteiger partial charge in [0.15, 0.2) is 0 Å². The summed E-state index contributed by atoms with van der Waals surface area (Å²) in [7, 11) is 0. The van der Waals surface area contributed by atoms with Crippen molar-refractivity contribution in [2.24, 2.45) is 0 Å². The maximum atomic E-state index is 10.9. The fourth-order valence-corrected chi connectivity index (χ4v) is 0.909. The number of anilines is 1. The van der Waals surface area contributed by atoms with Gasteiger partial charge in [0.05, 0.1) is 18.0 Å². The molecule has 0 aliphatic rings. The molecule has 1 heterocycles. The monoisotopic (exact) mass is 204 g/mol. The molecule has 2 N–H and O–H groups in total. The summed E-state index contributed by atoms with van der Waals surface area (Å²) in [6, 6.07) is 1.68. The van der Waals surface area contributed by atoms with Crippen LogP contribution in [0.15, 0.2) is 12.3 Å². The van der Waals surface area contributed by atoms with Gasteiger partial charge in [-0.15, -0.1) is 0 Å². The number of aromatic nitrogens is 1. The van der Waals surface area contributed by atoms with E-state index >= 15 is 0 Å². The van der Waals surface area contributed by atoms with Crippen molar-refractivity contribution in [1.82, 2.24) is 4.98 Å². The van der Waals surface area contributed by atoms with Crippen molar-refractivity contribution >= 4 is 11.7 Å². The Hall–Kier alpha value is -2.02. The summed E-state index contributed by atoms with van der Waals surface area (Å²) < 4.78 is 4.65. The van der Waals surface area contributed by atoms with Gasteiger partial charge in [-0.05, 0) is 19.9 Å². The van der Waals surface area contributed by atoms with Gasteiger partial charge in [-0.2, -0.15) is 0 Å². The number of pyridine rings is 1. The molecule has 0 fully saturated rings. The van der Waals surface area contributed by atoms with Gasteiger partial charge in [0, 0.05) is 17.7 Å². The molecule has 4 heteroatoms. The highest BCUT2D eigenvalue weighted by Gasteiger charge is 1.96. The number of esters is 1. The van der Waals surface area contributed by atoms with Gasteiger partial charge in [-0.25, -0.2) is 4.79 Å². The Bertz CT molecular complexity index is 430. The van der Waals surface area contributed by atoms with Crippen molar-refractivity contribution in [2.75, 3.05) is 12.3 Å². The molecule has 0 aliphatic heterocycles. The lowest BCUT2D eigenvalue weighted by molar-refractivity contribution is -0.136. The molecule has 15 heavy (non-hydrogen) atoms. The van der Waals surface area contributed by atoms with Crippen LogP contribution in [-0.4, -0.2) is 17.6 Å². The normalized spacial score (nSPS) is 8.93. The Labute approximate surface area is 88.5 Å². The lowest BCUT2D eigenvalue weighted by Crippen LogP contribution is -2.00. The Morgan fingerprint density at radius 1 is 1.67 bits per heavy atom. The van der Waals surface area contributed by atoms with E-state index in [-0.39, 0.29) is 0 Å². The highest BCUT2D eigenvalue weighted by atomic mass is 16.5. The Morgan fingerprint density at radius 2 is 2.40 bits per heavy atom. The molecule has 0 atom stereocenters. The molecule has 0 saturated carbocycles. The molecule has 1 rings (SSSR count). The van der Waals surface area contributed by atoms with Gasteiger partial charge in [-0.1, -0.05) is 5.92 Å². The largest absolute Gasteiger partial charge is 0.456 e. The first-order valence-electron chi connectivity index (χ1n) is 4.54. The SMILES string of the molecule is CCOC(=O)C#Cc1cnc(C)c(N)c1. The summed E-state index contributed by atoms with van der Waals surface area (Å²) in [6.45, 7) is 3.85. The van der Waals surface area contributed by atoms with Crippen molar-refractivity contribution in [3.8, 4) is 11.8 Å². The number of rotatable bonds is 1. The van der Waals surface area contributed by atoms with Gasteiger partial charge in [0.1, 0.15) is 0 Å². The molecule has 0 radical (unpaired) electrons. The summed E-state index contributed by atoms with van der Waals surface area (Å²) in [6.07, 6.45) is 1.57. The molecule has 0 saturated heterocycles. The predicted octanol–water partition coefficient (Wildman–Crippen LogP) is 0.887. The molecule has 78 valence electrons. The molecule has 1 aromatic rings. The maximum absolute atomic E-state index is 10.9. The third-order valence-electron chi connectivity index (χ3n) is 1.71. The van der Waals surface area contributed by atoms with E-state index in [1.807, 2.05) is 0 Å². The number of carbonyl (C=O) groups excluding carboxylic acids is 1. The third kappa shape index (κ3) is 3.31. The first kappa shape index (κ1) is 11.1. The second kappa shape index (κ2) is 5.01. The number of ether oxygens (including phenoxy) is 1. The maximum Gasteiger partial charge on any atom is 0.384 e. The summed E-state index contributed by atoms with van der Waals surface area (Å²) in [5, 5.41) is 0. The summed E-state index contributed by atoms with van der Waals surface area (Å²) in [4.78, 5) is 14.9. The number of hydrogen-bond acceptors (Lipinski definition) is 4. The van der Waals surface area contributed by atoms with E-state index < -0.39 is 5.97 Å². The Morgan fingerprint density at radius 3 is 3.00 bits per heavy atom. The van der Waals surface area contributed by atoms with Gasteiger partial charge in [0.2, 0.25) is 0 Å². The van der Waals surface area contributed by atoms with E-state index in [1.165, 1.54) is 0 Å². The van der Waals surface area contributed by atoms with E-state index in [9.17, 15) is 4.79 Å².